The van der Waals surface area contributed by atoms with E-state index in [9.17, 15) is 4.39 Å². The van der Waals surface area contributed by atoms with Crippen molar-refractivity contribution in [3.63, 3.8) is 0 Å². The molecule has 2 atom stereocenters. The molecule has 1 aromatic carbocycles. The van der Waals surface area contributed by atoms with E-state index in [1.165, 1.54) is 6.07 Å². The number of nitrogens with one attached hydrogen (secondary N) is 1. The zero-order valence-electron chi connectivity index (χ0n) is 10.8. The molecule has 0 saturated carbocycles. The van der Waals surface area contributed by atoms with Crippen LogP contribution in [0.1, 0.15) is 31.9 Å². The molecule has 0 aliphatic rings. The highest BCUT2D eigenvalue weighted by Gasteiger charge is 2.16. The van der Waals surface area contributed by atoms with Gasteiger partial charge in [0, 0.05) is 21.9 Å². The Morgan fingerprint density at radius 2 is 2.00 bits per heavy atom. The lowest BCUT2D eigenvalue weighted by atomic mass is 10.1. The van der Waals surface area contributed by atoms with Crippen molar-refractivity contribution in [1.29, 1.82) is 0 Å². The first-order chi connectivity index (χ1) is 8.47. The van der Waals surface area contributed by atoms with Crippen LogP contribution < -0.4 is 5.32 Å². The molecule has 0 fully saturated rings. The van der Waals surface area contributed by atoms with Crippen LogP contribution in [-0.4, -0.2) is 18.1 Å². The quantitative estimate of drug-likeness (QED) is 0.748. The molecule has 0 radical (unpaired) electrons. The van der Waals surface area contributed by atoms with E-state index in [1.54, 1.807) is 6.07 Å². The van der Waals surface area contributed by atoms with Gasteiger partial charge in [0.25, 0.3) is 0 Å². The van der Waals surface area contributed by atoms with Crippen molar-refractivity contribution in [2.45, 2.75) is 31.6 Å². The van der Waals surface area contributed by atoms with Gasteiger partial charge in [0.15, 0.2) is 0 Å². The Bertz CT molecular complexity index is 401. The molecule has 18 heavy (non-hydrogen) atoms. The van der Waals surface area contributed by atoms with Crippen molar-refractivity contribution in [3.05, 3.63) is 33.6 Å². The number of hydrogen-bond acceptors (Lipinski definition) is 2. The monoisotopic (exact) mass is 309 g/mol. The van der Waals surface area contributed by atoms with E-state index < -0.39 is 5.82 Å². The van der Waals surface area contributed by atoms with Crippen LogP contribution in [0.25, 0.3) is 0 Å². The minimum Gasteiger partial charge on any atom is -0.310 e. The maximum Gasteiger partial charge on any atom is 0.142 e. The molecule has 2 unspecified atom stereocenters. The summed E-state index contributed by atoms with van der Waals surface area (Å²) in [6, 6.07) is 2.77. The predicted molar refractivity (Wildman–Crippen MR) is 80.4 cm³/mol. The Hall–Kier alpha value is 0.0400. The van der Waals surface area contributed by atoms with Gasteiger partial charge in [0.05, 0.1) is 5.02 Å². The van der Waals surface area contributed by atoms with Crippen molar-refractivity contribution in [2.75, 3.05) is 12.8 Å². The molecule has 5 heteroatoms. The normalized spacial score (nSPS) is 14.6. The molecule has 0 saturated heterocycles. The zero-order valence-corrected chi connectivity index (χ0v) is 13.1. The van der Waals surface area contributed by atoms with Crippen LogP contribution in [0.15, 0.2) is 12.1 Å². The third-order valence-corrected chi connectivity index (χ3v) is 4.67. The van der Waals surface area contributed by atoms with Gasteiger partial charge in [-0.1, -0.05) is 30.1 Å². The maximum absolute atomic E-state index is 13.4. The van der Waals surface area contributed by atoms with Gasteiger partial charge in [-0.25, -0.2) is 4.39 Å². The van der Waals surface area contributed by atoms with Gasteiger partial charge in [-0.3, -0.25) is 0 Å². The van der Waals surface area contributed by atoms with Gasteiger partial charge in [-0.15, -0.1) is 0 Å². The van der Waals surface area contributed by atoms with Crippen LogP contribution in [-0.2, 0) is 0 Å². The van der Waals surface area contributed by atoms with E-state index in [-0.39, 0.29) is 11.1 Å². The van der Waals surface area contributed by atoms with Crippen molar-refractivity contribution in [3.8, 4) is 0 Å². The average molecular weight is 310 g/mol. The molecule has 0 aliphatic heterocycles. The Kier molecular flexibility index (Phi) is 6.78. The second-order valence-corrected chi connectivity index (χ2v) is 6.33. The average Bonchev–Trinajstić information content (AvgIpc) is 2.34. The Labute approximate surface area is 122 Å². The van der Waals surface area contributed by atoms with Crippen molar-refractivity contribution >= 4 is 35.0 Å². The van der Waals surface area contributed by atoms with Gasteiger partial charge in [-0.05, 0) is 38.3 Å². The largest absolute Gasteiger partial charge is 0.310 e. The first-order valence-corrected chi connectivity index (χ1v) is 7.91. The summed E-state index contributed by atoms with van der Waals surface area (Å²) in [5.74, 6) is -0.429. The summed E-state index contributed by atoms with van der Waals surface area (Å²) in [5, 5.41) is 4.54. The lowest BCUT2D eigenvalue weighted by molar-refractivity contribution is 0.552. The van der Waals surface area contributed by atoms with Crippen molar-refractivity contribution in [1.82, 2.24) is 5.32 Å². The Morgan fingerprint density at radius 1 is 1.33 bits per heavy atom. The van der Waals surface area contributed by atoms with Gasteiger partial charge in [0.1, 0.15) is 5.82 Å². The fourth-order valence-electron chi connectivity index (χ4n) is 1.66. The lowest BCUT2D eigenvalue weighted by Crippen LogP contribution is -2.22. The standard InChI is InChI=1S/C13H18Cl2FNS/c1-8(18-3)6-7-17-9(2)12-10(14)4-5-11(16)13(12)15/h4-5,8-9,17H,6-7H2,1-3H3. The summed E-state index contributed by atoms with van der Waals surface area (Å²) in [6.45, 7) is 4.97. The highest BCUT2D eigenvalue weighted by atomic mass is 35.5. The SMILES string of the molecule is CSC(C)CCNC(C)c1c(Cl)ccc(F)c1Cl. The molecule has 0 bridgehead atoms. The van der Waals surface area contributed by atoms with E-state index in [1.807, 2.05) is 18.7 Å². The summed E-state index contributed by atoms with van der Waals surface area (Å²) in [7, 11) is 0. The van der Waals surface area contributed by atoms with Crippen molar-refractivity contribution < 1.29 is 4.39 Å². The first-order valence-electron chi connectivity index (χ1n) is 5.87. The van der Waals surface area contributed by atoms with Gasteiger partial charge < -0.3 is 5.32 Å². The van der Waals surface area contributed by atoms with Crippen LogP contribution in [0.2, 0.25) is 10.0 Å². The Morgan fingerprint density at radius 3 is 2.61 bits per heavy atom. The zero-order chi connectivity index (χ0) is 13.7. The topological polar surface area (TPSA) is 12.0 Å². The predicted octanol–water partition coefficient (Wildman–Crippen LogP) is 4.92. The molecular weight excluding hydrogens is 292 g/mol. The first kappa shape index (κ1) is 16.1. The molecule has 1 nitrogen and oxygen atoms in total. The fraction of sp³-hybridized carbons (Fsp3) is 0.538. The fourth-order valence-corrected chi connectivity index (χ4v) is 2.71. The summed E-state index contributed by atoms with van der Waals surface area (Å²) < 4.78 is 13.4. The van der Waals surface area contributed by atoms with Crippen LogP contribution in [0.4, 0.5) is 4.39 Å². The van der Waals surface area contributed by atoms with E-state index in [0.29, 0.717) is 15.8 Å². The summed E-state index contributed by atoms with van der Waals surface area (Å²) in [6.07, 6.45) is 3.14. The van der Waals surface area contributed by atoms with E-state index in [4.69, 9.17) is 23.2 Å². The van der Waals surface area contributed by atoms with Gasteiger partial charge in [0.2, 0.25) is 0 Å². The third-order valence-electron chi connectivity index (χ3n) is 2.92. The molecular formula is C13H18Cl2FNS. The highest BCUT2D eigenvalue weighted by Crippen LogP contribution is 2.32. The Balaban J connectivity index is 2.67. The minimum absolute atomic E-state index is 0.0604. The smallest absolute Gasteiger partial charge is 0.142 e. The summed E-state index contributed by atoms with van der Waals surface area (Å²) in [5.41, 5.74) is 0.634. The summed E-state index contributed by atoms with van der Waals surface area (Å²) >= 11 is 13.9. The number of benzene rings is 1. The van der Waals surface area contributed by atoms with E-state index in [2.05, 4.69) is 18.5 Å². The minimum atomic E-state index is -0.429. The van der Waals surface area contributed by atoms with Gasteiger partial charge in [-0.2, -0.15) is 11.8 Å². The van der Waals surface area contributed by atoms with Crippen LogP contribution in [0, 0.1) is 5.82 Å². The molecule has 1 N–H and O–H groups in total. The molecule has 0 aliphatic carbocycles. The molecule has 0 heterocycles. The molecule has 1 aromatic rings. The summed E-state index contributed by atoms with van der Waals surface area (Å²) in [4.78, 5) is 0. The molecule has 102 valence electrons. The second kappa shape index (κ2) is 7.59. The van der Waals surface area contributed by atoms with Crippen LogP contribution in [0.3, 0.4) is 0 Å². The van der Waals surface area contributed by atoms with Gasteiger partial charge >= 0.3 is 0 Å². The van der Waals surface area contributed by atoms with Crippen molar-refractivity contribution in [2.24, 2.45) is 0 Å². The highest BCUT2D eigenvalue weighted by molar-refractivity contribution is 7.99. The van der Waals surface area contributed by atoms with Crippen LogP contribution in [0.5, 0.6) is 0 Å². The number of hydrogen-bond donors (Lipinski definition) is 1. The third kappa shape index (κ3) is 4.30. The van der Waals surface area contributed by atoms with E-state index in [0.717, 1.165) is 13.0 Å². The molecule has 0 aromatic heterocycles. The number of halogens is 3. The molecule has 0 spiro atoms. The molecule has 1 rings (SSSR count). The number of thioether (sulfide) groups is 1. The van der Waals surface area contributed by atoms with E-state index >= 15 is 0 Å². The second-order valence-electron chi connectivity index (χ2n) is 4.27. The van der Waals surface area contributed by atoms with Crippen LogP contribution >= 0.6 is 35.0 Å². The molecule has 0 amide bonds. The number of rotatable bonds is 6. The lowest BCUT2D eigenvalue weighted by Gasteiger charge is -2.18. The maximum atomic E-state index is 13.4.